The summed E-state index contributed by atoms with van der Waals surface area (Å²) in [6.45, 7) is 6.43. The van der Waals surface area contributed by atoms with Crippen LogP contribution in [0, 0.1) is 20.8 Å². The molecule has 2 N–H and O–H groups in total. The quantitative estimate of drug-likeness (QED) is 0.680. The van der Waals surface area contributed by atoms with Crippen LogP contribution in [0.25, 0.3) is 11.5 Å². The molecular formula is C22H23N3O3. The molecule has 0 saturated heterocycles. The van der Waals surface area contributed by atoms with E-state index in [2.05, 4.69) is 15.6 Å². The smallest absolute Gasteiger partial charge is 0.319 e. The number of aryl methyl sites for hydroxylation is 3. The van der Waals surface area contributed by atoms with E-state index in [1.165, 1.54) is 0 Å². The Hall–Kier alpha value is -3.28. The predicted octanol–water partition coefficient (Wildman–Crippen LogP) is 4.91. The minimum atomic E-state index is -0.247. The van der Waals surface area contributed by atoms with Gasteiger partial charge in [0.25, 0.3) is 0 Å². The Morgan fingerprint density at radius 1 is 1.14 bits per heavy atom. The van der Waals surface area contributed by atoms with E-state index >= 15 is 0 Å². The number of hydrogen-bond acceptors (Lipinski definition) is 4. The summed E-state index contributed by atoms with van der Waals surface area (Å²) in [4.78, 5) is 17.0. The Morgan fingerprint density at radius 2 is 2.00 bits per heavy atom. The third-order valence-corrected chi connectivity index (χ3v) is 4.93. The van der Waals surface area contributed by atoms with Crippen LogP contribution < -0.4 is 15.4 Å². The third kappa shape index (κ3) is 3.58. The summed E-state index contributed by atoms with van der Waals surface area (Å²) in [7, 11) is 0. The first-order valence-electron chi connectivity index (χ1n) is 9.34. The first kappa shape index (κ1) is 18.1. The molecule has 28 heavy (non-hydrogen) atoms. The zero-order valence-corrected chi connectivity index (χ0v) is 16.2. The van der Waals surface area contributed by atoms with Crippen LogP contribution in [0.4, 0.5) is 10.5 Å². The predicted molar refractivity (Wildman–Crippen MR) is 108 cm³/mol. The van der Waals surface area contributed by atoms with Crippen molar-refractivity contribution in [1.82, 2.24) is 10.3 Å². The molecule has 1 aromatic heterocycles. The topological polar surface area (TPSA) is 76.4 Å². The third-order valence-electron chi connectivity index (χ3n) is 4.93. The molecule has 0 bridgehead atoms. The maximum atomic E-state index is 12.7. The van der Waals surface area contributed by atoms with Gasteiger partial charge in [0.15, 0.2) is 0 Å². The van der Waals surface area contributed by atoms with Gasteiger partial charge in [-0.05, 0) is 44.0 Å². The highest BCUT2D eigenvalue weighted by atomic mass is 16.5. The average Bonchev–Trinajstić information content (AvgIpc) is 3.11. The molecule has 0 spiro atoms. The summed E-state index contributed by atoms with van der Waals surface area (Å²) in [5, 5.41) is 6.03. The monoisotopic (exact) mass is 377 g/mol. The molecule has 3 aromatic rings. The van der Waals surface area contributed by atoms with Crippen molar-refractivity contribution in [3.8, 4) is 17.2 Å². The van der Waals surface area contributed by atoms with Gasteiger partial charge in [0.05, 0.1) is 18.3 Å². The van der Waals surface area contributed by atoms with Gasteiger partial charge in [-0.1, -0.05) is 24.3 Å². The maximum absolute atomic E-state index is 12.7. The lowest BCUT2D eigenvalue weighted by Crippen LogP contribution is -2.35. The Kier molecular flexibility index (Phi) is 4.77. The highest BCUT2D eigenvalue weighted by Gasteiger charge is 2.24. The SMILES string of the molecule is Cc1coc(-c2ccc(C)c(NC(=O)N[C@H]3CCOc4c(C)cccc43)c2)n1. The van der Waals surface area contributed by atoms with Gasteiger partial charge in [0, 0.05) is 23.2 Å². The van der Waals surface area contributed by atoms with Crippen molar-refractivity contribution in [1.29, 1.82) is 0 Å². The van der Waals surface area contributed by atoms with E-state index in [4.69, 9.17) is 9.15 Å². The van der Waals surface area contributed by atoms with Gasteiger partial charge in [0.1, 0.15) is 12.0 Å². The molecule has 6 heteroatoms. The van der Waals surface area contributed by atoms with Crippen LogP contribution >= 0.6 is 0 Å². The molecule has 4 rings (SSSR count). The van der Waals surface area contributed by atoms with E-state index in [1.807, 2.05) is 57.2 Å². The number of ether oxygens (including phenoxy) is 1. The number of fused-ring (bicyclic) bond motifs is 1. The van der Waals surface area contributed by atoms with Crippen molar-refractivity contribution in [2.75, 3.05) is 11.9 Å². The molecule has 1 atom stereocenters. The number of aromatic nitrogens is 1. The summed E-state index contributed by atoms with van der Waals surface area (Å²) < 4.78 is 11.2. The number of nitrogens with zero attached hydrogens (tertiary/aromatic N) is 1. The maximum Gasteiger partial charge on any atom is 0.319 e. The lowest BCUT2D eigenvalue weighted by molar-refractivity contribution is 0.231. The Balaban J connectivity index is 1.51. The van der Waals surface area contributed by atoms with Crippen LogP contribution in [0.15, 0.2) is 47.1 Å². The number of amides is 2. The molecule has 144 valence electrons. The lowest BCUT2D eigenvalue weighted by Gasteiger charge is -2.28. The number of hydrogen-bond donors (Lipinski definition) is 2. The number of carbonyl (C=O) groups excluding carboxylic acids is 1. The largest absolute Gasteiger partial charge is 0.493 e. The number of rotatable bonds is 3. The normalized spacial score (nSPS) is 15.5. The molecule has 1 aliphatic heterocycles. The number of oxazole rings is 1. The van der Waals surface area contributed by atoms with E-state index in [-0.39, 0.29) is 12.1 Å². The summed E-state index contributed by atoms with van der Waals surface area (Å²) >= 11 is 0. The molecule has 1 aliphatic rings. The van der Waals surface area contributed by atoms with Crippen LogP contribution in [0.5, 0.6) is 5.75 Å². The first-order valence-corrected chi connectivity index (χ1v) is 9.34. The van der Waals surface area contributed by atoms with Crippen LogP contribution in [0.1, 0.15) is 34.8 Å². The second kappa shape index (κ2) is 7.38. The second-order valence-corrected chi connectivity index (χ2v) is 7.11. The molecule has 0 unspecified atom stereocenters. The van der Waals surface area contributed by atoms with Crippen molar-refractivity contribution in [3.63, 3.8) is 0 Å². The van der Waals surface area contributed by atoms with Crippen LogP contribution in [-0.4, -0.2) is 17.6 Å². The van der Waals surface area contributed by atoms with E-state index in [0.717, 1.165) is 45.8 Å². The van der Waals surface area contributed by atoms with E-state index in [1.54, 1.807) is 6.26 Å². The number of nitrogens with one attached hydrogen (secondary N) is 2. The van der Waals surface area contributed by atoms with Crippen molar-refractivity contribution in [2.45, 2.75) is 33.2 Å². The number of urea groups is 1. The minimum Gasteiger partial charge on any atom is -0.493 e. The Morgan fingerprint density at radius 3 is 2.79 bits per heavy atom. The van der Waals surface area contributed by atoms with E-state index < -0.39 is 0 Å². The number of benzene rings is 2. The highest BCUT2D eigenvalue weighted by molar-refractivity contribution is 5.91. The molecular weight excluding hydrogens is 354 g/mol. The standard InChI is InChI=1S/C22H23N3O3/c1-13-7-8-16(21-23-15(3)12-28-21)11-19(13)25-22(26)24-18-9-10-27-20-14(2)5-4-6-17(18)20/h4-8,11-12,18H,9-10H2,1-3H3,(H2,24,25,26)/t18-/m0/s1. The van der Waals surface area contributed by atoms with Crippen molar-refractivity contribution in [3.05, 3.63) is 65.0 Å². The van der Waals surface area contributed by atoms with Crippen LogP contribution in [-0.2, 0) is 0 Å². The first-order chi connectivity index (χ1) is 13.5. The summed E-state index contributed by atoms with van der Waals surface area (Å²) in [5.74, 6) is 1.41. The number of anilines is 1. The van der Waals surface area contributed by atoms with Gasteiger partial charge in [-0.15, -0.1) is 0 Å². The average molecular weight is 377 g/mol. The molecule has 0 saturated carbocycles. The fraction of sp³-hybridized carbons (Fsp3) is 0.273. The summed E-state index contributed by atoms with van der Waals surface area (Å²) in [6.07, 6.45) is 2.35. The van der Waals surface area contributed by atoms with Crippen molar-refractivity contribution in [2.24, 2.45) is 0 Å². The Labute approximate surface area is 163 Å². The summed E-state index contributed by atoms with van der Waals surface area (Å²) in [5.41, 5.74) is 5.42. The summed E-state index contributed by atoms with van der Waals surface area (Å²) in [6, 6.07) is 11.4. The molecule has 2 amide bonds. The van der Waals surface area contributed by atoms with Gasteiger partial charge < -0.3 is 19.8 Å². The number of para-hydroxylation sites is 1. The van der Waals surface area contributed by atoms with E-state index in [9.17, 15) is 4.79 Å². The van der Waals surface area contributed by atoms with Gasteiger partial charge in [-0.3, -0.25) is 0 Å². The highest BCUT2D eigenvalue weighted by Crippen LogP contribution is 2.34. The molecule has 0 fully saturated rings. The van der Waals surface area contributed by atoms with Gasteiger partial charge in [0.2, 0.25) is 5.89 Å². The molecule has 6 nitrogen and oxygen atoms in total. The lowest BCUT2D eigenvalue weighted by atomic mass is 9.98. The molecule has 0 radical (unpaired) electrons. The van der Waals surface area contributed by atoms with Gasteiger partial charge >= 0.3 is 6.03 Å². The second-order valence-electron chi connectivity index (χ2n) is 7.11. The molecule has 2 heterocycles. The van der Waals surface area contributed by atoms with Crippen molar-refractivity contribution >= 4 is 11.7 Å². The zero-order chi connectivity index (χ0) is 19.7. The van der Waals surface area contributed by atoms with Crippen LogP contribution in [0.2, 0.25) is 0 Å². The number of carbonyl (C=O) groups is 1. The fourth-order valence-corrected chi connectivity index (χ4v) is 3.42. The molecule has 2 aromatic carbocycles. The Bertz CT molecular complexity index is 1030. The molecule has 0 aliphatic carbocycles. The zero-order valence-electron chi connectivity index (χ0n) is 16.2. The van der Waals surface area contributed by atoms with Gasteiger partial charge in [-0.25, -0.2) is 9.78 Å². The fourth-order valence-electron chi connectivity index (χ4n) is 3.42. The van der Waals surface area contributed by atoms with Gasteiger partial charge in [-0.2, -0.15) is 0 Å². The van der Waals surface area contributed by atoms with Crippen LogP contribution in [0.3, 0.4) is 0 Å². The minimum absolute atomic E-state index is 0.0819. The van der Waals surface area contributed by atoms with Crippen molar-refractivity contribution < 1.29 is 13.9 Å². The van der Waals surface area contributed by atoms with E-state index in [0.29, 0.717) is 12.5 Å².